The van der Waals surface area contributed by atoms with Crippen molar-refractivity contribution < 1.29 is 0 Å². The first-order chi connectivity index (χ1) is 14.3. The highest BCUT2D eigenvalue weighted by Gasteiger charge is 2.22. The zero-order valence-corrected chi connectivity index (χ0v) is 17.3. The molecule has 1 aromatic carbocycles. The van der Waals surface area contributed by atoms with Gasteiger partial charge in [-0.05, 0) is 42.5 Å². The minimum atomic E-state index is 0.542. The largest absolute Gasteiger partial charge is 0.354 e. The molecule has 1 unspecified atom stereocenters. The summed E-state index contributed by atoms with van der Waals surface area (Å²) in [6.07, 6.45) is 1.12. The third-order valence-electron chi connectivity index (χ3n) is 5.68. The Labute approximate surface area is 174 Å². The van der Waals surface area contributed by atoms with Crippen LogP contribution >= 0.6 is 11.3 Å². The zero-order chi connectivity index (χ0) is 19.6. The van der Waals surface area contributed by atoms with Crippen LogP contribution in [0.5, 0.6) is 0 Å². The zero-order valence-electron chi connectivity index (χ0n) is 16.5. The molecule has 0 spiro atoms. The van der Waals surface area contributed by atoms with E-state index in [1.165, 1.54) is 5.56 Å². The molecule has 5 rings (SSSR count). The molecule has 1 aliphatic heterocycles. The van der Waals surface area contributed by atoms with Crippen LogP contribution in [0.1, 0.15) is 18.9 Å². The first-order valence-corrected chi connectivity index (χ1v) is 11.0. The van der Waals surface area contributed by atoms with Crippen molar-refractivity contribution in [2.24, 2.45) is 0 Å². The van der Waals surface area contributed by atoms with Gasteiger partial charge in [-0.15, -0.1) is 15.3 Å². The van der Waals surface area contributed by atoms with Crippen molar-refractivity contribution in [2.45, 2.75) is 25.9 Å². The van der Waals surface area contributed by atoms with Crippen molar-refractivity contribution in [2.75, 3.05) is 24.5 Å². The molecule has 0 amide bonds. The summed E-state index contributed by atoms with van der Waals surface area (Å²) in [4.78, 5) is 4.96. The Kier molecular flexibility index (Phi) is 4.99. The normalized spacial score (nSPS) is 18.2. The molecule has 6 nitrogen and oxygen atoms in total. The number of aromatic nitrogens is 4. The standard InChI is InChI=1S/C22H24N6S/c1-17-9-11-26(12-13-27(17)15-18-5-3-2-4-6-18)21-8-7-20-23-24-22(28(20)25-21)19-10-14-29-16-19/h2-8,10,14,16-17H,9,11-13,15H2,1H3. The van der Waals surface area contributed by atoms with Crippen LogP contribution in [-0.2, 0) is 6.54 Å². The van der Waals surface area contributed by atoms with Crippen LogP contribution in [0.25, 0.3) is 17.0 Å². The van der Waals surface area contributed by atoms with Gasteiger partial charge in [0.2, 0.25) is 0 Å². The summed E-state index contributed by atoms with van der Waals surface area (Å²) >= 11 is 1.66. The van der Waals surface area contributed by atoms with E-state index in [-0.39, 0.29) is 0 Å². The SMILES string of the molecule is CC1CCN(c2ccc3nnc(-c4ccsc4)n3n2)CCN1Cc1ccccc1. The van der Waals surface area contributed by atoms with Crippen LogP contribution in [-0.4, -0.2) is 50.4 Å². The molecule has 7 heteroatoms. The lowest BCUT2D eigenvalue weighted by atomic mass is 10.1. The highest BCUT2D eigenvalue weighted by atomic mass is 32.1. The van der Waals surface area contributed by atoms with Gasteiger partial charge in [-0.1, -0.05) is 30.3 Å². The Morgan fingerprint density at radius 2 is 1.90 bits per heavy atom. The predicted octanol–water partition coefficient (Wildman–Crippen LogP) is 3.95. The summed E-state index contributed by atoms with van der Waals surface area (Å²) in [7, 11) is 0. The van der Waals surface area contributed by atoms with Crippen LogP contribution < -0.4 is 4.90 Å². The number of nitrogens with zero attached hydrogens (tertiary/aromatic N) is 6. The van der Waals surface area contributed by atoms with Crippen molar-refractivity contribution in [3.63, 3.8) is 0 Å². The van der Waals surface area contributed by atoms with E-state index in [1.54, 1.807) is 11.3 Å². The van der Waals surface area contributed by atoms with Crippen molar-refractivity contribution in [1.29, 1.82) is 0 Å². The minimum Gasteiger partial charge on any atom is -0.354 e. The van der Waals surface area contributed by atoms with Gasteiger partial charge >= 0.3 is 0 Å². The van der Waals surface area contributed by atoms with Crippen molar-refractivity contribution >= 4 is 22.8 Å². The average molecular weight is 405 g/mol. The molecule has 0 aliphatic carbocycles. The van der Waals surface area contributed by atoms with Crippen LogP contribution in [0.2, 0.25) is 0 Å². The van der Waals surface area contributed by atoms with Crippen molar-refractivity contribution in [3.05, 3.63) is 64.9 Å². The molecule has 1 atom stereocenters. The second kappa shape index (κ2) is 7.93. The fraction of sp³-hybridized carbons (Fsp3) is 0.318. The molecule has 29 heavy (non-hydrogen) atoms. The average Bonchev–Trinajstić information content (AvgIpc) is 3.39. The summed E-state index contributed by atoms with van der Waals surface area (Å²) in [6.45, 7) is 6.31. The summed E-state index contributed by atoms with van der Waals surface area (Å²) in [6, 6.07) is 17.4. The molecule has 0 radical (unpaired) electrons. The highest BCUT2D eigenvalue weighted by Crippen LogP contribution is 2.23. The summed E-state index contributed by atoms with van der Waals surface area (Å²) < 4.78 is 1.87. The number of rotatable bonds is 4. The number of hydrogen-bond acceptors (Lipinski definition) is 6. The van der Waals surface area contributed by atoms with E-state index in [0.29, 0.717) is 6.04 Å². The molecule has 148 valence electrons. The lowest BCUT2D eigenvalue weighted by Crippen LogP contribution is -2.34. The van der Waals surface area contributed by atoms with E-state index in [2.05, 4.69) is 80.1 Å². The molecule has 1 fully saturated rings. The molecule has 3 aromatic heterocycles. The molecule has 0 saturated carbocycles. The molecule has 0 N–H and O–H groups in total. The van der Waals surface area contributed by atoms with Gasteiger partial charge in [-0.2, -0.15) is 15.9 Å². The van der Waals surface area contributed by atoms with Crippen LogP contribution in [0.15, 0.2) is 59.3 Å². The lowest BCUT2D eigenvalue weighted by molar-refractivity contribution is 0.212. The van der Waals surface area contributed by atoms with Gasteiger partial charge in [-0.25, -0.2) is 0 Å². The van der Waals surface area contributed by atoms with Gasteiger partial charge in [0, 0.05) is 43.2 Å². The van der Waals surface area contributed by atoms with E-state index in [0.717, 1.165) is 55.5 Å². The molecule has 4 heterocycles. The second-order valence-corrected chi connectivity index (χ2v) is 8.36. The van der Waals surface area contributed by atoms with Gasteiger partial charge < -0.3 is 4.90 Å². The fourth-order valence-corrected chi connectivity index (χ4v) is 4.54. The van der Waals surface area contributed by atoms with E-state index in [4.69, 9.17) is 5.10 Å². The van der Waals surface area contributed by atoms with Crippen molar-refractivity contribution in [1.82, 2.24) is 24.7 Å². The van der Waals surface area contributed by atoms with Gasteiger partial charge in [0.1, 0.15) is 5.82 Å². The van der Waals surface area contributed by atoms with Crippen LogP contribution in [0, 0.1) is 0 Å². The van der Waals surface area contributed by atoms with Gasteiger partial charge in [0.25, 0.3) is 0 Å². The highest BCUT2D eigenvalue weighted by molar-refractivity contribution is 7.08. The number of thiophene rings is 1. The van der Waals surface area contributed by atoms with Gasteiger partial charge in [0.05, 0.1) is 0 Å². The Hall–Kier alpha value is -2.77. The third kappa shape index (κ3) is 3.75. The molecule has 1 saturated heterocycles. The molecule has 1 aliphatic rings. The number of fused-ring (bicyclic) bond motifs is 1. The monoisotopic (exact) mass is 404 g/mol. The lowest BCUT2D eigenvalue weighted by Gasteiger charge is -2.26. The maximum Gasteiger partial charge on any atom is 0.186 e. The molecular formula is C22H24N6S. The summed E-state index contributed by atoms with van der Waals surface area (Å²) in [5, 5.41) is 17.7. The Bertz CT molecular complexity index is 1080. The Morgan fingerprint density at radius 1 is 1.00 bits per heavy atom. The van der Waals surface area contributed by atoms with Gasteiger partial charge in [0.15, 0.2) is 11.5 Å². The van der Waals surface area contributed by atoms with E-state index < -0.39 is 0 Å². The second-order valence-electron chi connectivity index (χ2n) is 7.58. The maximum absolute atomic E-state index is 4.89. The Morgan fingerprint density at radius 3 is 2.72 bits per heavy atom. The van der Waals surface area contributed by atoms with Crippen LogP contribution in [0.3, 0.4) is 0 Å². The third-order valence-corrected chi connectivity index (χ3v) is 6.36. The van der Waals surface area contributed by atoms with E-state index >= 15 is 0 Å². The van der Waals surface area contributed by atoms with Crippen LogP contribution in [0.4, 0.5) is 5.82 Å². The van der Waals surface area contributed by atoms with E-state index in [1.807, 2.05) is 10.6 Å². The first kappa shape index (κ1) is 18.3. The predicted molar refractivity (Wildman–Crippen MR) is 117 cm³/mol. The quantitative estimate of drug-likeness (QED) is 0.515. The van der Waals surface area contributed by atoms with Gasteiger partial charge in [-0.3, -0.25) is 4.90 Å². The number of benzene rings is 1. The Balaban J connectivity index is 1.37. The van der Waals surface area contributed by atoms with E-state index in [9.17, 15) is 0 Å². The molecule has 4 aromatic rings. The minimum absolute atomic E-state index is 0.542. The maximum atomic E-state index is 4.89. The first-order valence-electron chi connectivity index (χ1n) is 10.1. The number of hydrogen-bond donors (Lipinski definition) is 0. The summed E-state index contributed by atoms with van der Waals surface area (Å²) in [5.74, 6) is 1.79. The molecular weight excluding hydrogens is 380 g/mol. The molecule has 0 bridgehead atoms. The topological polar surface area (TPSA) is 49.6 Å². The fourth-order valence-electron chi connectivity index (χ4n) is 3.91. The van der Waals surface area contributed by atoms with Crippen molar-refractivity contribution in [3.8, 4) is 11.4 Å². The smallest absolute Gasteiger partial charge is 0.186 e. The summed E-state index contributed by atoms with van der Waals surface area (Å²) in [5.41, 5.74) is 3.21. The number of anilines is 1.